The lowest BCUT2D eigenvalue weighted by molar-refractivity contribution is -0.118. The van der Waals surface area contributed by atoms with Crippen molar-refractivity contribution < 1.29 is 4.79 Å². The lowest BCUT2D eigenvalue weighted by Gasteiger charge is -2.29. The van der Waals surface area contributed by atoms with E-state index in [9.17, 15) is 4.79 Å². The molecule has 3 nitrogen and oxygen atoms in total. The summed E-state index contributed by atoms with van der Waals surface area (Å²) in [4.78, 5) is 15.3. The fourth-order valence-electron chi connectivity index (χ4n) is 2.17. The Morgan fingerprint density at radius 3 is 3.06 bits per heavy atom. The quantitative estimate of drug-likeness (QED) is 0.818. The van der Waals surface area contributed by atoms with Crippen molar-refractivity contribution in [3.05, 3.63) is 18.2 Å². The number of nitrogens with zero attached hydrogens (tertiary/aromatic N) is 1. The van der Waals surface area contributed by atoms with Gasteiger partial charge in [-0.2, -0.15) is 0 Å². The fraction of sp³-hybridized carbons (Fsp3) is 0.462. The number of benzene rings is 1. The summed E-state index contributed by atoms with van der Waals surface area (Å²) in [6.07, 6.45) is 3.15. The molecule has 2 N–H and O–H groups in total. The lowest BCUT2D eigenvalue weighted by atomic mass is 10.2. The highest BCUT2D eigenvalue weighted by Crippen LogP contribution is 2.38. The van der Waals surface area contributed by atoms with Gasteiger partial charge in [0.2, 0.25) is 5.91 Å². The summed E-state index contributed by atoms with van der Waals surface area (Å²) in [6, 6.07) is 5.85. The molecule has 0 saturated heterocycles. The summed E-state index contributed by atoms with van der Waals surface area (Å²) >= 11 is 1.80. The number of thioether (sulfide) groups is 1. The maximum atomic E-state index is 12.2. The Balaban J connectivity index is 1.86. The zero-order valence-corrected chi connectivity index (χ0v) is 10.5. The van der Waals surface area contributed by atoms with Crippen LogP contribution < -0.4 is 10.6 Å². The molecule has 1 aromatic rings. The molecule has 1 aliphatic heterocycles. The SMILES string of the molecule is Nc1ccc2c(c1)N(C(=O)CC1CC1)CCS2. The number of nitrogen functional groups attached to an aromatic ring is 1. The molecule has 1 saturated carbocycles. The molecule has 2 aliphatic rings. The second-order valence-electron chi connectivity index (χ2n) is 4.77. The van der Waals surface area contributed by atoms with E-state index in [2.05, 4.69) is 0 Å². The molecule has 1 fully saturated rings. The number of nitrogens with two attached hydrogens (primary N) is 1. The molecule has 90 valence electrons. The number of carbonyl (C=O) groups is 1. The summed E-state index contributed by atoms with van der Waals surface area (Å²) in [7, 11) is 0. The average Bonchev–Trinajstić information content (AvgIpc) is 3.12. The predicted octanol–water partition coefficient (Wildman–Crippen LogP) is 2.51. The zero-order chi connectivity index (χ0) is 11.8. The molecule has 0 spiro atoms. The minimum Gasteiger partial charge on any atom is -0.399 e. The number of rotatable bonds is 2. The molecule has 0 bridgehead atoms. The Morgan fingerprint density at radius 1 is 1.47 bits per heavy atom. The van der Waals surface area contributed by atoms with Gasteiger partial charge in [-0.1, -0.05) is 0 Å². The maximum absolute atomic E-state index is 12.2. The first-order chi connectivity index (χ1) is 8.24. The van der Waals surface area contributed by atoms with Crippen LogP contribution in [0.1, 0.15) is 19.3 Å². The topological polar surface area (TPSA) is 46.3 Å². The zero-order valence-electron chi connectivity index (χ0n) is 9.69. The highest BCUT2D eigenvalue weighted by molar-refractivity contribution is 7.99. The first-order valence-corrected chi connectivity index (χ1v) is 7.05. The third-order valence-corrected chi connectivity index (χ3v) is 4.35. The number of carbonyl (C=O) groups excluding carboxylic acids is 1. The summed E-state index contributed by atoms with van der Waals surface area (Å²) in [5.41, 5.74) is 7.55. The van der Waals surface area contributed by atoms with E-state index in [4.69, 9.17) is 5.73 Å². The Labute approximate surface area is 105 Å². The van der Waals surface area contributed by atoms with Crippen LogP contribution in [0.15, 0.2) is 23.1 Å². The summed E-state index contributed by atoms with van der Waals surface area (Å²) < 4.78 is 0. The molecular weight excluding hydrogens is 232 g/mol. The third-order valence-electron chi connectivity index (χ3n) is 3.31. The molecule has 0 unspecified atom stereocenters. The van der Waals surface area contributed by atoms with E-state index in [0.717, 1.165) is 23.7 Å². The van der Waals surface area contributed by atoms with Gasteiger partial charge in [0, 0.05) is 29.3 Å². The van der Waals surface area contributed by atoms with Crippen LogP contribution in [0.4, 0.5) is 11.4 Å². The van der Waals surface area contributed by atoms with Crippen molar-refractivity contribution in [1.82, 2.24) is 0 Å². The Morgan fingerprint density at radius 2 is 2.29 bits per heavy atom. The van der Waals surface area contributed by atoms with Crippen LogP contribution in [0.2, 0.25) is 0 Å². The summed E-state index contributed by atoms with van der Waals surface area (Å²) in [6.45, 7) is 0.812. The molecule has 1 aromatic carbocycles. The van der Waals surface area contributed by atoms with E-state index in [0.29, 0.717) is 12.3 Å². The van der Waals surface area contributed by atoms with Crippen LogP contribution in [0.3, 0.4) is 0 Å². The van der Waals surface area contributed by atoms with Crippen molar-refractivity contribution >= 4 is 29.0 Å². The summed E-state index contributed by atoms with van der Waals surface area (Å²) in [5, 5.41) is 0. The van der Waals surface area contributed by atoms with Gasteiger partial charge in [0.05, 0.1) is 5.69 Å². The molecule has 0 radical (unpaired) electrons. The standard InChI is InChI=1S/C13H16N2OS/c14-10-3-4-12-11(8-10)15(5-6-17-12)13(16)7-9-1-2-9/h3-4,8-9H,1-2,5-7,14H2. The fourth-order valence-corrected chi connectivity index (χ4v) is 3.15. The minimum atomic E-state index is 0.264. The monoisotopic (exact) mass is 248 g/mol. The smallest absolute Gasteiger partial charge is 0.227 e. The van der Waals surface area contributed by atoms with Gasteiger partial charge >= 0.3 is 0 Å². The Hall–Kier alpha value is -1.16. The molecule has 1 amide bonds. The first kappa shape index (κ1) is 11.0. The number of hydrogen-bond acceptors (Lipinski definition) is 3. The first-order valence-electron chi connectivity index (χ1n) is 6.07. The van der Waals surface area contributed by atoms with E-state index < -0.39 is 0 Å². The molecule has 1 heterocycles. The van der Waals surface area contributed by atoms with Crippen LogP contribution in [-0.4, -0.2) is 18.2 Å². The molecule has 4 heteroatoms. The average molecular weight is 248 g/mol. The van der Waals surface area contributed by atoms with E-state index in [1.54, 1.807) is 11.8 Å². The number of fused-ring (bicyclic) bond motifs is 1. The van der Waals surface area contributed by atoms with Gasteiger partial charge in [0.1, 0.15) is 0 Å². The largest absolute Gasteiger partial charge is 0.399 e. The number of anilines is 2. The van der Waals surface area contributed by atoms with Crippen LogP contribution in [-0.2, 0) is 4.79 Å². The molecule has 3 rings (SSSR count). The van der Waals surface area contributed by atoms with Crippen molar-refractivity contribution in [3.63, 3.8) is 0 Å². The molecule has 0 aromatic heterocycles. The van der Waals surface area contributed by atoms with Crippen LogP contribution >= 0.6 is 11.8 Å². The predicted molar refractivity (Wildman–Crippen MR) is 71.3 cm³/mol. The van der Waals surface area contributed by atoms with E-state index in [-0.39, 0.29) is 5.91 Å². The second-order valence-corrected chi connectivity index (χ2v) is 5.91. The van der Waals surface area contributed by atoms with Crippen molar-refractivity contribution in [1.29, 1.82) is 0 Å². The maximum Gasteiger partial charge on any atom is 0.227 e. The van der Waals surface area contributed by atoms with Crippen molar-refractivity contribution in [2.45, 2.75) is 24.2 Å². The van der Waals surface area contributed by atoms with Crippen LogP contribution in [0.5, 0.6) is 0 Å². The van der Waals surface area contributed by atoms with Gasteiger partial charge < -0.3 is 10.6 Å². The third kappa shape index (κ3) is 2.27. The second kappa shape index (κ2) is 4.26. The molecule has 17 heavy (non-hydrogen) atoms. The number of hydrogen-bond donors (Lipinski definition) is 1. The molecule has 0 atom stereocenters. The van der Waals surface area contributed by atoms with Crippen LogP contribution in [0.25, 0.3) is 0 Å². The van der Waals surface area contributed by atoms with Gasteiger partial charge in [-0.25, -0.2) is 0 Å². The Bertz CT molecular complexity index is 457. The minimum absolute atomic E-state index is 0.264. The highest BCUT2D eigenvalue weighted by atomic mass is 32.2. The van der Waals surface area contributed by atoms with E-state index in [1.807, 2.05) is 23.1 Å². The number of amides is 1. The van der Waals surface area contributed by atoms with Gasteiger partial charge in [-0.05, 0) is 37.0 Å². The Kier molecular flexibility index (Phi) is 2.74. The van der Waals surface area contributed by atoms with E-state index >= 15 is 0 Å². The van der Waals surface area contributed by atoms with Crippen molar-refractivity contribution in [3.8, 4) is 0 Å². The van der Waals surface area contributed by atoms with Gasteiger partial charge in [0.25, 0.3) is 0 Å². The van der Waals surface area contributed by atoms with Crippen molar-refractivity contribution in [2.24, 2.45) is 5.92 Å². The van der Waals surface area contributed by atoms with Gasteiger partial charge in [-0.3, -0.25) is 4.79 Å². The van der Waals surface area contributed by atoms with Crippen molar-refractivity contribution in [2.75, 3.05) is 22.9 Å². The summed E-state index contributed by atoms with van der Waals surface area (Å²) in [5.74, 6) is 1.88. The van der Waals surface area contributed by atoms with Gasteiger partial charge in [-0.15, -0.1) is 11.8 Å². The highest BCUT2D eigenvalue weighted by Gasteiger charge is 2.29. The lowest BCUT2D eigenvalue weighted by Crippen LogP contribution is -2.35. The molecular formula is C13H16N2OS. The van der Waals surface area contributed by atoms with Gasteiger partial charge in [0.15, 0.2) is 0 Å². The normalized spacial score (nSPS) is 18.9. The molecule has 1 aliphatic carbocycles. The van der Waals surface area contributed by atoms with Crippen LogP contribution in [0, 0.1) is 5.92 Å². The van der Waals surface area contributed by atoms with E-state index in [1.165, 1.54) is 17.7 Å².